The molecule has 3 heteroatoms. The van der Waals surface area contributed by atoms with E-state index in [-0.39, 0.29) is 5.82 Å². The van der Waals surface area contributed by atoms with Gasteiger partial charge in [0.15, 0.2) is 11.6 Å². The molecule has 1 aromatic carbocycles. The van der Waals surface area contributed by atoms with Crippen molar-refractivity contribution < 1.29 is 9.13 Å². The third kappa shape index (κ3) is 3.43. The Morgan fingerprint density at radius 2 is 2.12 bits per heavy atom. The Morgan fingerprint density at radius 3 is 2.59 bits per heavy atom. The van der Waals surface area contributed by atoms with Crippen LogP contribution in [-0.2, 0) is 0 Å². The average Bonchev–Trinajstić information content (AvgIpc) is 2.35. The van der Waals surface area contributed by atoms with Crippen LogP contribution in [0.3, 0.4) is 0 Å². The van der Waals surface area contributed by atoms with Gasteiger partial charge in [0, 0.05) is 6.04 Å². The van der Waals surface area contributed by atoms with Crippen LogP contribution in [0.15, 0.2) is 18.2 Å². The summed E-state index contributed by atoms with van der Waals surface area (Å²) >= 11 is 0. The molecule has 0 aliphatic carbocycles. The first-order valence-electron chi connectivity index (χ1n) is 6.14. The summed E-state index contributed by atoms with van der Waals surface area (Å²) in [6, 6.07) is 5.59. The van der Waals surface area contributed by atoms with Crippen LogP contribution in [0.25, 0.3) is 0 Å². The molecular weight excluding hydrogens is 217 g/mol. The summed E-state index contributed by atoms with van der Waals surface area (Å²) in [4.78, 5) is 0. The van der Waals surface area contributed by atoms with Crippen molar-refractivity contribution in [3.05, 3.63) is 29.6 Å². The van der Waals surface area contributed by atoms with Crippen LogP contribution in [0, 0.1) is 5.82 Å². The highest BCUT2D eigenvalue weighted by Gasteiger charge is 2.17. The SMILES string of the molecule is CCCC(NC)C(C)c1ccc(OC)c(F)c1. The van der Waals surface area contributed by atoms with Crippen LogP contribution in [-0.4, -0.2) is 20.2 Å². The molecule has 96 valence electrons. The predicted octanol–water partition coefficient (Wildman–Crippen LogP) is 3.33. The molecule has 0 aromatic heterocycles. The van der Waals surface area contributed by atoms with Gasteiger partial charge >= 0.3 is 0 Å². The predicted molar refractivity (Wildman–Crippen MR) is 69.1 cm³/mol. The van der Waals surface area contributed by atoms with Gasteiger partial charge in [0.1, 0.15) is 0 Å². The van der Waals surface area contributed by atoms with E-state index >= 15 is 0 Å². The first-order valence-corrected chi connectivity index (χ1v) is 6.14. The van der Waals surface area contributed by atoms with Crippen LogP contribution in [0.2, 0.25) is 0 Å². The highest BCUT2D eigenvalue weighted by Crippen LogP contribution is 2.26. The van der Waals surface area contributed by atoms with Crippen molar-refractivity contribution in [1.82, 2.24) is 5.32 Å². The van der Waals surface area contributed by atoms with E-state index in [9.17, 15) is 4.39 Å². The monoisotopic (exact) mass is 239 g/mol. The largest absolute Gasteiger partial charge is 0.494 e. The van der Waals surface area contributed by atoms with E-state index in [1.807, 2.05) is 13.1 Å². The van der Waals surface area contributed by atoms with E-state index in [1.54, 1.807) is 12.1 Å². The van der Waals surface area contributed by atoms with Gasteiger partial charge in [-0.25, -0.2) is 4.39 Å². The summed E-state index contributed by atoms with van der Waals surface area (Å²) in [6.45, 7) is 4.28. The highest BCUT2D eigenvalue weighted by molar-refractivity contribution is 5.31. The van der Waals surface area contributed by atoms with Crippen LogP contribution >= 0.6 is 0 Å². The van der Waals surface area contributed by atoms with Crippen molar-refractivity contribution >= 4 is 0 Å². The number of likely N-dealkylation sites (N-methyl/N-ethyl adjacent to an activating group) is 1. The Labute approximate surface area is 103 Å². The molecule has 0 bridgehead atoms. The van der Waals surface area contributed by atoms with Gasteiger partial charge in [-0.15, -0.1) is 0 Å². The second-order valence-electron chi connectivity index (χ2n) is 4.37. The third-order valence-electron chi connectivity index (χ3n) is 3.28. The van der Waals surface area contributed by atoms with E-state index in [2.05, 4.69) is 19.2 Å². The van der Waals surface area contributed by atoms with Crippen molar-refractivity contribution in [2.45, 2.75) is 38.6 Å². The number of methoxy groups -OCH3 is 1. The van der Waals surface area contributed by atoms with Crippen LogP contribution < -0.4 is 10.1 Å². The molecule has 2 atom stereocenters. The Morgan fingerprint density at radius 1 is 1.41 bits per heavy atom. The van der Waals surface area contributed by atoms with Gasteiger partial charge in [0.2, 0.25) is 0 Å². The van der Waals surface area contributed by atoms with Gasteiger partial charge in [-0.1, -0.05) is 26.3 Å². The van der Waals surface area contributed by atoms with E-state index < -0.39 is 0 Å². The van der Waals surface area contributed by atoms with Crippen LogP contribution in [0.1, 0.15) is 38.2 Å². The Bertz CT molecular complexity index is 354. The van der Waals surface area contributed by atoms with E-state index in [4.69, 9.17) is 4.74 Å². The lowest BCUT2D eigenvalue weighted by molar-refractivity contribution is 0.384. The number of hydrogen-bond acceptors (Lipinski definition) is 2. The third-order valence-corrected chi connectivity index (χ3v) is 3.28. The quantitative estimate of drug-likeness (QED) is 0.822. The molecule has 0 aliphatic heterocycles. The second kappa shape index (κ2) is 6.60. The topological polar surface area (TPSA) is 21.3 Å². The number of nitrogens with one attached hydrogen (secondary N) is 1. The van der Waals surface area contributed by atoms with Crippen molar-refractivity contribution in [3.63, 3.8) is 0 Å². The molecule has 1 N–H and O–H groups in total. The lowest BCUT2D eigenvalue weighted by atomic mass is 9.90. The van der Waals surface area contributed by atoms with Gasteiger partial charge in [-0.05, 0) is 37.1 Å². The van der Waals surface area contributed by atoms with Gasteiger partial charge in [0.25, 0.3) is 0 Å². The zero-order valence-corrected chi connectivity index (χ0v) is 11.1. The van der Waals surface area contributed by atoms with E-state index in [0.717, 1.165) is 18.4 Å². The van der Waals surface area contributed by atoms with E-state index in [0.29, 0.717) is 17.7 Å². The Balaban J connectivity index is 2.87. The molecule has 1 aromatic rings. The standard InChI is InChI=1S/C14H22FNO/c1-5-6-13(16-3)10(2)11-7-8-14(17-4)12(15)9-11/h7-10,13,16H,5-6H2,1-4H3. The van der Waals surface area contributed by atoms with Gasteiger partial charge in [-0.2, -0.15) is 0 Å². The highest BCUT2D eigenvalue weighted by atomic mass is 19.1. The normalized spacial score (nSPS) is 14.4. The van der Waals surface area contributed by atoms with Crippen molar-refractivity contribution in [2.75, 3.05) is 14.2 Å². The average molecular weight is 239 g/mol. The molecule has 0 saturated carbocycles. The summed E-state index contributed by atoms with van der Waals surface area (Å²) in [5.74, 6) is 0.306. The molecule has 0 aliphatic rings. The molecule has 0 spiro atoms. The summed E-state index contributed by atoms with van der Waals surface area (Å²) < 4.78 is 18.5. The van der Waals surface area contributed by atoms with Gasteiger partial charge in [-0.3, -0.25) is 0 Å². The lowest BCUT2D eigenvalue weighted by Gasteiger charge is -2.23. The summed E-state index contributed by atoms with van der Waals surface area (Å²) in [5, 5.41) is 3.30. The van der Waals surface area contributed by atoms with Crippen molar-refractivity contribution in [3.8, 4) is 5.75 Å². The fourth-order valence-corrected chi connectivity index (χ4v) is 2.15. The molecule has 0 heterocycles. The molecule has 0 fully saturated rings. The molecule has 2 unspecified atom stereocenters. The minimum atomic E-state index is -0.289. The maximum Gasteiger partial charge on any atom is 0.165 e. The van der Waals surface area contributed by atoms with E-state index in [1.165, 1.54) is 7.11 Å². The fraction of sp³-hybridized carbons (Fsp3) is 0.571. The Kier molecular flexibility index (Phi) is 5.42. The summed E-state index contributed by atoms with van der Waals surface area (Å²) in [6.07, 6.45) is 2.21. The number of ether oxygens (including phenoxy) is 1. The molecule has 0 amide bonds. The number of hydrogen-bond donors (Lipinski definition) is 1. The molecule has 1 rings (SSSR count). The Hall–Kier alpha value is -1.09. The minimum Gasteiger partial charge on any atom is -0.494 e. The molecule has 2 nitrogen and oxygen atoms in total. The minimum absolute atomic E-state index is 0.289. The maximum absolute atomic E-state index is 13.6. The molecule has 0 saturated heterocycles. The van der Waals surface area contributed by atoms with Crippen LogP contribution in [0.5, 0.6) is 5.75 Å². The summed E-state index contributed by atoms with van der Waals surface area (Å²) in [5.41, 5.74) is 1.01. The first kappa shape index (κ1) is 14.0. The van der Waals surface area contributed by atoms with Crippen molar-refractivity contribution in [2.24, 2.45) is 0 Å². The number of halogens is 1. The molecular formula is C14H22FNO. The first-order chi connectivity index (χ1) is 8.13. The van der Waals surface area contributed by atoms with Crippen molar-refractivity contribution in [1.29, 1.82) is 0 Å². The molecule has 0 radical (unpaired) electrons. The fourth-order valence-electron chi connectivity index (χ4n) is 2.15. The van der Waals surface area contributed by atoms with Gasteiger partial charge in [0.05, 0.1) is 7.11 Å². The molecule has 17 heavy (non-hydrogen) atoms. The summed E-state index contributed by atoms with van der Waals surface area (Å²) in [7, 11) is 3.44. The zero-order valence-electron chi connectivity index (χ0n) is 11.1. The number of rotatable bonds is 6. The maximum atomic E-state index is 13.6. The zero-order chi connectivity index (χ0) is 12.8. The second-order valence-corrected chi connectivity index (χ2v) is 4.37. The smallest absolute Gasteiger partial charge is 0.165 e. The van der Waals surface area contributed by atoms with Crippen LogP contribution in [0.4, 0.5) is 4.39 Å². The lowest BCUT2D eigenvalue weighted by Crippen LogP contribution is -2.30. The van der Waals surface area contributed by atoms with Gasteiger partial charge < -0.3 is 10.1 Å². The number of benzene rings is 1.